The number of ether oxygens (including phenoxy) is 1. The first-order valence-electron chi connectivity index (χ1n) is 6.19. The molecule has 0 aliphatic heterocycles. The van der Waals surface area contributed by atoms with Crippen molar-refractivity contribution in [3.05, 3.63) is 47.0 Å². The van der Waals surface area contributed by atoms with Crippen LogP contribution in [0.3, 0.4) is 0 Å². The van der Waals surface area contributed by atoms with Crippen molar-refractivity contribution in [1.82, 2.24) is 0 Å². The fourth-order valence-electron chi connectivity index (χ4n) is 2.66. The van der Waals surface area contributed by atoms with E-state index in [-0.39, 0.29) is 11.9 Å². The Morgan fingerprint density at radius 3 is 2.83 bits per heavy atom. The van der Waals surface area contributed by atoms with E-state index in [0.717, 1.165) is 18.4 Å². The van der Waals surface area contributed by atoms with E-state index in [1.54, 1.807) is 13.0 Å². The van der Waals surface area contributed by atoms with Gasteiger partial charge in [-0.1, -0.05) is 30.3 Å². The summed E-state index contributed by atoms with van der Waals surface area (Å²) < 4.78 is 4.77. The average Bonchev–Trinajstić information content (AvgIpc) is 2.42. The van der Waals surface area contributed by atoms with Gasteiger partial charge < -0.3 is 9.84 Å². The summed E-state index contributed by atoms with van der Waals surface area (Å²) in [5.74, 6) is -0.515. The van der Waals surface area contributed by atoms with Gasteiger partial charge in [0.25, 0.3) is 0 Å². The van der Waals surface area contributed by atoms with E-state index in [9.17, 15) is 9.90 Å². The average molecular weight is 246 g/mol. The molecule has 0 radical (unpaired) electrons. The van der Waals surface area contributed by atoms with Crippen molar-refractivity contribution in [2.75, 3.05) is 7.11 Å². The SMILES string of the molecule is C/C=C(/C(=O)OC)[C@H]1CCc2ccccc2C1O. The molecule has 1 N–H and O–H groups in total. The van der Waals surface area contributed by atoms with Gasteiger partial charge in [0, 0.05) is 11.5 Å². The molecule has 1 unspecified atom stereocenters. The number of esters is 1. The van der Waals surface area contributed by atoms with Crippen LogP contribution >= 0.6 is 0 Å². The molecule has 0 bridgehead atoms. The molecule has 2 atom stereocenters. The molecule has 18 heavy (non-hydrogen) atoms. The van der Waals surface area contributed by atoms with Crippen LogP contribution in [-0.2, 0) is 16.0 Å². The fraction of sp³-hybridized carbons (Fsp3) is 0.400. The van der Waals surface area contributed by atoms with Crippen molar-refractivity contribution in [3.63, 3.8) is 0 Å². The molecule has 0 spiro atoms. The van der Waals surface area contributed by atoms with Crippen LogP contribution in [0.25, 0.3) is 0 Å². The van der Waals surface area contributed by atoms with Crippen molar-refractivity contribution in [1.29, 1.82) is 0 Å². The Hall–Kier alpha value is -1.61. The number of allylic oxidation sites excluding steroid dienone is 1. The zero-order valence-corrected chi connectivity index (χ0v) is 10.7. The third-order valence-electron chi connectivity index (χ3n) is 3.61. The summed E-state index contributed by atoms with van der Waals surface area (Å²) >= 11 is 0. The summed E-state index contributed by atoms with van der Waals surface area (Å²) in [6.45, 7) is 1.81. The lowest BCUT2D eigenvalue weighted by Crippen LogP contribution is -2.26. The number of hydrogen-bond donors (Lipinski definition) is 1. The molecule has 3 heteroatoms. The molecule has 0 aromatic heterocycles. The second-order valence-corrected chi connectivity index (χ2v) is 4.52. The zero-order chi connectivity index (χ0) is 13.1. The predicted octanol–water partition coefficient (Wildman–Crippen LogP) is 2.40. The standard InChI is InChI=1S/C15H18O3/c1-3-11(15(17)18-2)13-9-8-10-6-4-5-7-12(10)14(13)16/h3-7,13-14,16H,8-9H2,1-2H3/b11-3+/t13-,14?/m1/s1. The van der Waals surface area contributed by atoms with Gasteiger partial charge >= 0.3 is 5.97 Å². The van der Waals surface area contributed by atoms with Gasteiger partial charge in [0.1, 0.15) is 0 Å². The number of methoxy groups -OCH3 is 1. The second-order valence-electron chi connectivity index (χ2n) is 4.52. The van der Waals surface area contributed by atoms with Crippen LogP contribution in [0.2, 0.25) is 0 Å². The Labute approximate surface area is 107 Å². The minimum atomic E-state index is -0.625. The molecular weight excluding hydrogens is 228 g/mol. The maximum absolute atomic E-state index is 11.7. The highest BCUT2D eigenvalue weighted by molar-refractivity contribution is 5.89. The Balaban J connectivity index is 2.31. The summed E-state index contributed by atoms with van der Waals surface area (Å²) in [6.07, 6.45) is 2.77. The highest BCUT2D eigenvalue weighted by atomic mass is 16.5. The van der Waals surface area contributed by atoms with E-state index < -0.39 is 6.10 Å². The Bertz CT molecular complexity index is 476. The van der Waals surface area contributed by atoms with Gasteiger partial charge in [0.05, 0.1) is 13.2 Å². The number of rotatable bonds is 2. The van der Waals surface area contributed by atoms with E-state index in [0.29, 0.717) is 5.57 Å². The van der Waals surface area contributed by atoms with E-state index >= 15 is 0 Å². The molecule has 96 valence electrons. The molecule has 0 amide bonds. The third kappa shape index (κ3) is 2.18. The molecule has 0 fully saturated rings. The van der Waals surface area contributed by atoms with Crippen LogP contribution in [0.5, 0.6) is 0 Å². The molecule has 0 heterocycles. The first-order valence-corrected chi connectivity index (χ1v) is 6.19. The maximum Gasteiger partial charge on any atom is 0.333 e. The number of aliphatic hydroxyl groups excluding tert-OH is 1. The maximum atomic E-state index is 11.7. The highest BCUT2D eigenvalue weighted by Crippen LogP contribution is 2.38. The lowest BCUT2D eigenvalue weighted by atomic mass is 9.77. The largest absolute Gasteiger partial charge is 0.466 e. The van der Waals surface area contributed by atoms with Gasteiger partial charge in [-0.2, -0.15) is 0 Å². The number of carbonyl (C=O) groups excluding carboxylic acids is 1. The monoisotopic (exact) mass is 246 g/mol. The van der Waals surface area contributed by atoms with Gasteiger partial charge in [-0.25, -0.2) is 4.79 Å². The number of benzene rings is 1. The quantitative estimate of drug-likeness (QED) is 0.644. The second kappa shape index (κ2) is 5.36. The third-order valence-corrected chi connectivity index (χ3v) is 3.61. The van der Waals surface area contributed by atoms with Crippen LogP contribution < -0.4 is 0 Å². The van der Waals surface area contributed by atoms with Gasteiger partial charge in [0.2, 0.25) is 0 Å². The summed E-state index contributed by atoms with van der Waals surface area (Å²) in [7, 11) is 1.37. The smallest absolute Gasteiger partial charge is 0.333 e. The van der Waals surface area contributed by atoms with Crippen LogP contribution in [0.15, 0.2) is 35.9 Å². The minimum Gasteiger partial charge on any atom is -0.466 e. The zero-order valence-electron chi connectivity index (χ0n) is 10.7. The van der Waals surface area contributed by atoms with E-state index in [1.165, 1.54) is 12.7 Å². The molecule has 0 saturated carbocycles. The molecular formula is C15H18O3. The van der Waals surface area contributed by atoms with Gasteiger partial charge in [0.15, 0.2) is 0 Å². The first-order chi connectivity index (χ1) is 8.69. The highest BCUT2D eigenvalue weighted by Gasteiger charge is 2.33. The van der Waals surface area contributed by atoms with E-state index in [1.807, 2.05) is 24.3 Å². The number of aryl methyl sites for hydroxylation is 1. The molecule has 1 aliphatic carbocycles. The Kier molecular flexibility index (Phi) is 3.82. The summed E-state index contributed by atoms with van der Waals surface area (Å²) in [5, 5.41) is 10.4. The van der Waals surface area contributed by atoms with Crippen molar-refractivity contribution in [2.45, 2.75) is 25.9 Å². The number of carbonyl (C=O) groups is 1. The fourth-order valence-corrected chi connectivity index (χ4v) is 2.66. The topological polar surface area (TPSA) is 46.5 Å². The van der Waals surface area contributed by atoms with Crippen LogP contribution in [-0.4, -0.2) is 18.2 Å². The van der Waals surface area contributed by atoms with Crippen LogP contribution in [0.1, 0.15) is 30.6 Å². The molecule has 0 saturated heterocycles. The molecule has 1 aromatic carbocycles. The molecule has 1 aromatic rings. The van der Waals surface area contributed by atoms with Gasteiger partial charge in [-0.15, -0.1) is 0 Å². The summed E-state index contributed by atoms with van der Waals surface area (Å²) in [5.41, 5.74) is 2.66. The lowest BCUT2D eigenvalue weighted by molar-refractivity contribution is -0.137. The molecule has 2 rings (SSSR count). The first kappa shape index (κ1) is 12.8. The van der Waals surface area contributed by atoms with Crippen LogP contribution in [0, 0.1) is 5.92 Å². The van der Waals surface area contributed by atoms with E-state index in [2.05, 4.69) is 0 Å². The number of aliphatic hydroxyl groups is 1. The number of hydrogen-bond acceptors (Lipinski definition) is 3. The summed E-state index contributed by atoms with van der Waals surface area (Å²) in [4.78, 5) is 11.7. The molecule has 1 aliphatic rings. The normalized spacial score (nSPS) is 23.4. The molecule has 3 nitrogen and oxygen atoms in total. The van der Waals surface area contributed by atoms with Crippen molar-refractivity contribution in [3.8, 4) is 0 Å². The Morgan fingerprint density at radius 2 is 2.17 bits per heavy atom. The number of fused-ring (bicyclic) bond motifs is 1. The van der Waals surface area contributed by atoms with Crippen molar-refractivity contribution >= 4 is 5.97 Å². The van der Waals surface area contributed by atoms with Gasteiger partial charge in [-0.3, -0.25) is 0 Å². The lowest BCUT2D eigenvalue weighted by Gasteiger charge is -2.30. The van der Waals surface area contributed by atoms with Crippen LogP contribution in [0.4, 0.5) is 0 Å². The van der Waals surface area contributed by atoms with Crippen molar-refractivity contribution in [2.24, 2.45) is 5.92 Å². The van der Waals surface area contributed by atoms with E-state index in [4.69, 9.17) is 4.74 Å². The van der Waals surface area contributed by atoms with Gasteiger partial charge in [-0.05, 0) is 30.9 Å². The minimum absolute atomic E-state index is 0.169. The summed E-state index contributed by atoms with van der Waals surface area (Å²) in [6, 6.07) is 7.85. The predicted molar refractivity (Wildman–Crippen MR) is 69.0 cm³/mol. The van der Waals surface area contributed by atoms with Crippen molar-refractivity contribution < 1.29 is 14.6 Å². The Morgan fingerprint density at radius 1 is 1.44 bits per heavy atom.